The molecule has 0 saturated heterocycles. The second-order valence-electron chi connectivity index (χ2n) is 3.51. The summed E-state index contributed by atoms with van der Waals surface area (Å²) in [4.78, 5) is 4.42. The van der Waals surface area contributed by atoms with Crippen LogP contribution in [0.15, 0.2) is 53.1 Å². The molecule has 3 rings (SSSR count). The van der Waals surface area contributed by atoms with Crippen LogP contribution in [0.4, 0.5) is 0 Å². The maximum atomic E-state index is 4.42. The van der Waals surface area contributed by atoms with Crippen LogP contribution in [-0.2, 0) is 0 Å². The molecule has 0 aliphatic carbocycles. The Labute approximate surface area is 95.9 Å². The van der Waals surface area contributed by atoms with Gasteiger partial charge in [0, 0.05) is 21.4 Å². The summed E-state index contributed by atoms with van der Waals surface area (Å²) in [6.07, 6.45) is 1.92. The molecule has 1 aromatic heterocycles. The first-order valence-corrected chi connectivity index (χ1v) is 5.57. The summed E-state index contributed by atoms with van der Waals surface area (Å²) in [5.41, 5.74) is 1.04. The smallest absolute Gasteiger partial charge is 0.0708 e. The molecule has 0 fully saturated rings. The minimum absolute atomic E-state index is 1.04. The van der Waals surface area contributed by atoms with Crippen LogP contribution in [0.2, 0.25) is 0 Å². The molecule has 0 N–H and O–H groups in total. The highest BCUT2D eigenvalue weighted by atomic mass is 79.9. The van der Waals surface area contributed by atoms with Gasteiger partial charge in [-0.15, -0.1) is 0 Å². The number of halogens is 1. The minimum Gasteiger partial charge on any atom is -0.256 e. The summed E-state index contributed by atoms with van der Waals surface area (Å²) < 4.78 is 1.10. The lowest BCUT2D eigenvalue weighted by Crippen LogP contribution is -1.81. The molecular formula is C13H8BrN. The summed E-state index contributed by atoms with van der Waals surface area (Å²) in [6.45, 7) is 0. The second-order valence-corrected chi connectivity index (χ2v) is 4.42. The van der Waals surface area contributed by atoms with E-state index >= 15 is 0 Å². The number of benzene rings is 2. The molecule has 0 radical (unpaired) electrons. The van der Waals surface area contributed by atoms with Gasteiger partial charge in [-0.3, -0.25) is 4.98 Å². The van der Waals surface area contributed by atoms with Gasteiger partial charge in [0.15, 0.2) is 0 Å². The van der Waals surface area contributed by atoms with Gasteiger partial charge in [0.25, 0.3) is 0 Å². The van der Waals surface area contributed by atoms with Crippen LogP contribution in [0.5, 0.6) is 0 Å². The molecule has 0 aliphatic rings. The monoisotopic (exact) mass is 257 g/mol. The van der Waals surface area contributed by atoms with E-state index in [0.717, 1.165) is 9.99 Å². The van der Waals surface area contributed by atoms with E-state index in [1.165, 1.54) is 16.2 Å². The fourth-order valence-corrected chi connectivity index (χ4v) is 2.19. The number of aromatic nitrogens is 1. The lowest BCUT2D eigenvalue weighted by molar-refractivity contribution is 1.44. The van der Waals surface area contributed by atoms with Crippen molar-refractivity contribution < 1.29 is 0 Å². The normalized spacial score (nSPS) is 11.0. The van der Waals surface area contributed by atoms with Crippen molar-refractivity contribution >= 4 is 37.6 Å². The Morgan fingerprint density at radius 1 is 0.933 bits per heavy atom. The predicted molar refractivity (Wildman–Crippen MR) is 66.9 cm³/mol. The first-order chi connectivity index (χ1) is 7.34. The van der Waals surface area contributed by atoms with Crippen molar-refractivity contribution in [2.75, 3.05) is 0 Å². The van der Waals surface area contributed by atoms with Crippen LogP contribution in [-0.4, -0.2) is 4.98 Å². The molecule has 1 nitrogen and oxygen atoms in total. The number of fused-ring (bicyclic) bond motifs is 3. The van der Waals surface area contributed by atoms with Crippen molar-refractivity contribution in [2.24, 2.45) is 0 Å². The lowest BCUT2D eigenvalue weighted by atomic mass is 10.1. The van der Waals surface area contributed by atoms with Crippen molar-refractivity contribution in [3.05, 3.63) is 53.1 Å². The van der Waals surface area contributed by atoms with Crippen LogP contribution >= 0.6 is 15.9 Å². The zero-order chi connectivity index (χ0) is 10.3. The van der Waals surface area contributed by atoms with Crippen molar-refractivity contribution in [2.45, 2.75) is 0 Å². The largest absolute Gasteiger partial charge is 0.256 e. The average Bonchev–Trinajstić information content (AvgIpc) is 2.29. The lowest BCUT2D eigenvalue weighted by Gasteiger charge is -2.02. The highest BCUT2D eigenvalue weighted by Crippen LogP contribution is 2.25. The molecule has 0 spiro atoms. The van der Waals surface area contributed by atoms with E-state index in [9.17, 15) is 0 Å². The molecule has 72 valence electrons. The first kappa shape index (κ1) is 8.86. The Morgan fingerprint density at radius 3 is 2.73 bits per heavy atom. The first-order valence-electron chi connectivity index (χ1n) is 4.77. The summed E-state index contributed by atoms with van der Waals surface area (Å²) in [5.74, 6) is 0. The molecule has 0 atom stereocenters. The topological polar surface area (TPSA) is 12.9 Å². The summed E-state index contributed by atoms with van der Waals surface area (Å²) in [6, 6.07) is 14.5. The van der Waals surface area contributed by atoms with Crippen LogP contribution < -0.4 is 0 Å². The quantitative estimate of drug-likeness (QED) is 0.552. The van der Waals surface area contributed by atoms with Crippen LogP contribution in [0.25, 0.3) is 21.7 Å². The third-order valence-corrected chi connectivity index (χ3v) is 3.05. The van der Waals surface area contributed by atoms with E-state index in [1.54, 1.807) is 0 Å². The van der Waals surface area contributed by atoms with Gasteiger partial charge < -0.3 is 0 Å². The van der Waals surface area contributed by atoms with E-state index < -0.39 is 0 Å². The highest BCUT2D eigenvalue weighted by Gasteiger charge is 2.00. The van der Waals surface area contributed by atoms with Gasteiger partial charge in [-0.1, -0.05) is 40.2 Å². The number of hydrogen-bond donors (Lipinski definition) is 0. The number of rotatable bonds is 0. The van der Waals surface area contributed by atoms with Crippen LogP contribution in [0.3, 0.4) is 0 Å². The van der Waals surface area contributed by atoms with E-state index in [1.807, 2.05) is 30.5 Å². The SMILES string of the molecule is Brc1ccc2cnc3ccccc3c2c1. The standard InChI is InChI=1S/C13H8BrN/c14-10-6-5-9-8-15-13-4-2-1-3-11(13)12(9)7-10/h1-8H. The van der Waals surface area contributed by atoms with Gasteiger partial charge in [-0.05, 0) is 23.6 Å². The zero-order valence-corrected chi connectivity index (χ0v) is 9.53. The Balaban J connectivity index is 2.57. The summed E-state index contributed by atoms with van der Waals surface area (Å²) in [5, 5.41) is 3.63. The van der Waals surface area contributed by atoms with Crippen LogP contribution in [0.1, 0.15) is 0 Å². The van der Waals surface area contributed by atoms with E-state index in [-0.39, 0.29) is 0 Å². The van der Waals surface area contributed by atoms with Gasteiger partial charge in [-0.2, -0.15) is 0 Å². The molecule has 0 unspecified atom stereocenters. The number of nitrogens with zero attached hydrogens (tertiary/aromatic N) is 1. The van der Waals surface area contributed by atoms with E-state index in [4.69, 9.17) is 0 Å². The Kier molecular flexibility index (Phi) is 1.96. The molecule has 0 amide bonds. The minimum atomic E-state index is 1.04. The molecule has 2 aromatic carbocycles. The Bertz CT molecular complexity index is 646. The van der Waals surface area contributed by atoms with Crippen molar-refractivity contribution in [1.82, 2.24) is 4.98 Å². The summed E-state index contributed by atoms with van der Waals surface area (Å²) >= 11 is 3.50. The van der Waals surface area contributed by atoms with Gasteiger partial charge in [-0.25, -0.2) is 0 Å². The summed E-state index contributed by atoms with van der Waals surface area (Å²) in [7, 11) is 0. The molecule has 1 heterocycles. The van der Waals surface area contributed by atoms with Gasteiger partial charge in [0.1, 0.15) is 0 Å². The van der Waals surface area contributed by atoms with Crippen molar-refractivity contribution in [3.8, 4) is 0 Å². The fraction of sp³-hybridized carbons (Fsp3) is 0. The molecule has 15 heavy (non-hydrogen) atoms. The maximum Gasteiger partial charge on any atom is 0.0708 e. The van der Waals surface area contributed by atoms with Gasteiger partial charge in [0.05, 0.1) is 5.52 Å². The Morgan fingerprint density at radius 2 is 1.80 bits per heavy atom. The van der Waals surface area contributed by atoms with E-state index in [0.29, 0.717) is 0 Å². The molecular weight excluding hydrogens is 250 g/mol. The van der Waals surface area contributed by atoms with Gasteiger partial charge in [0.2, 0.25) is 0 Å². The average molecular weight is 258 g/mol. The molecule has 0 bridgehead atoms. The third-order valence-electron chi connectivity index (χ3n) is 2.55. The van der Waals surface area contributed by atoms with Gasteiger partial charge >= 0.3 is 0 Å². The van der Waals surface area contributed by atoms with Crippen molar-refractivity contribution in [1.29, 1.82) is 0 Å². The highest BCUT2D eigenvalue weighted by molar-refractivity contribution is 9.10. The molecule has 3 aromatic rings. The second kappa shape index (κ2) is 3.31. The molecule has 0 saturated carbocycles. The predicted octanol–water partition coefficient (Wildman–Crippen LogP) is 4.15. The number of pyridine rings is 1. The van der Waals surface area contributed by atoms with Crippen LogP contribution in [0, 0.1) is 0 Å². The number of para-hydroxylation sites is 1. The van der Waals surface area contributed by atoms with Crippen molar-refractivity contribution in [3.63, 3.8) is 0 Å². The molecule has 0 aliphatic heterocycles. The third kappa shape index (κ3) is 1.41. The fourth-order valence-electron chi connectivity index (χ4n) is 1.83. The molecule has 2 heteroatoms. The maximum absolute atomic E-state index is 4.42. The Hall–Kier alpha value is -1.41. The zero-order valence-electron chi connectivity index (χ0n) is 7.94. The number of hydrogen-bond acceptors (Lipinski definition) is 1. The van der Waals surface area contributed by atoms with E-state index in [2.05, 4.69) is 39.1 Å².